The van der Waals surface area contributed by atoms with Crippen LogP contribution in [0.25, 0.3) is 0 Å². The first-order valence-electron chi connectivity index (χ1n) is 5.15. The van der Waals surface area contributed by atoms with Gasteiger partial charge in [0.1, 0.15) is 0 Å². The van der Waals surface area contributed by atoms with Crippen LogP contribution in [0.1, 0.15) is 39.0 Å². The monoisotopic (exact) mass is 167 g/mol. The maximum atomic E-state index is 9.92. The molecule has 4 bridgehead atoms. The fourth-order valence-electron chi connectivity index (χ4n) is 4.02. The molecule has 2 aliphatic carbocycles. The third-order valence-electron chi connectivity index (χ3n) is 4.23. The summed E-state index contributed by atoms with van der Waals surface area (Å²) in [5.74, 6) is 1.85. The Morgan fingerprint density at radius 3 is 2.25 bits per heavy atom. The molecular weight excluding hydrogens is 150 g/mol. The van der Waals surface area contributed by atoms with Gasteiger partial charge >= 0.3 is 0 Å². The summed E-state index contributed by atoms with van der Waals surface area (Å²) < 4.78 is 0. The molecule has 4 aliphatic rings. The van der Waals surface area contributed by atoms with Crippen LogP contribution in [0.4, 0.5) is 0 Å². The van der Waals surface area contributed by atoms with E-state index in [1.807, 2.05) is 0 Å². The van der Waals surface area contributed by atoms with Gasteiger partial charge in [0.05, 0.1) is 0 Å². The van der Waals surface area contributed by atoms with E-state index in [4.69, 9.17) is 0 Å². The van der Waals surface area contributed by atoms with Gasteiger partial charge in [-0.1, -0.05) is 0 Å². The number of nitrogens with zero attached hydrogens (tertiary/aromatic N) is 1. The summed E-state index contributed by atoms with van der Waals surface area (Å²) in [5.41, 5.74) is 0.148. The molecule has 0 aromatic carbocycles. The first-order valence-corrected chi connectivity index (χ1v) is 5.15. The van der Waals surface area contributed by atoms with Crippen molar-refractivity contribution in [2.24, 2.45) is 11.8 Å². The second-order valence-corrected chi connectivity index (χ2v) is 5.34. The normalized spacial score (nSPS) is 58.0. The molecule has 2 saturated heterocycles. The minimum atomic E-state index is 0.148. The number of hydroxylamine groups is 2. The Bertz CT molecular complexity index is 202. The Hall–Kier alpha value is -0.0800. The lowest BCUT2D eigenvalue weighted by Crippen LogP contribution is -2.63. The molecule has 0 aromatic heterocycles. The zero-order valence-electron chi connectivity index (χ0n) is 7.66. The van der Waals surface area contributed by atoms with Crippen molar-refractivity contribution in [2.45, 2.75) is 50.6 Å². The SMILES string of the molecule is CC12CC3CC(C[C@@H](C3)C1)N2O. The molecule has 4 fully saturated rings. The molecule has 2 heterocycles. The van der Waals surface area contributed by atoms with E-state index in [1.54, 1.807) is 5.06 Å². The summed E-state index contributed by atoms with van der Waals surface area (Å²) >= 11 is 0. The van der Waals surface area contributed by atoms with Crippen molar-refractivity contribution in [3.8, 4) is 0 Å². The average Bonchev–Trinajstić information content (AvgIpc) is 1.98. The first kappa shape index (κ1) is 7.34. The van der Waals surface area contributed by atoms with E-state index in [1.165, 1.54) is 32.1 Å². The summed E-state index contributed by atoms with van der Waals surface area (Å²) in [4.78, 5) is 0. The van der Waals surface area contributed by atoms with Crippen molar-refractivity contribution in [3.05, 3.63) is 0 Å². The van der Waals surface area contributed by atoms with Crippen LogP contribution in [0.5, 0.6) is 0 Å². The summed E-state index contributed by atoms with van der Waals surface area (Å²) in [6.45, 7) is 2.23. The van der Waals surface area contributed by atoms with Crippen LogP contribution < -0.4 is 0 Å². The van der Waals surface area contributed by atoms with E-state index >= 15 is 0 Å². The smallest absolute Gasteiger partial charge is 0.0440 e. The predicted octanol–water partition coefficient (Wildman–Crippen LogP) is 2.03. The van der Waals surface area contributed by atoms with Gasteiger partial charge in [0.25, 0.3) is 0 Å². The minimum absolute atomic E-state index is 0.148. The maximum absolute atomic E-state index is 9.92. The Morgan fingerprint density at radius 1 is 1.17 bits per heavy atom. The number of hydrogen-bond acceptors (Lipinski definition) is 2. The Balaban J connectivity index is 1.97. The van der Waals surface area contributed by atoms with Crippen LogP contribution in [0.2, 0.25) is 0 Å². The van der Waals surface area contributed by atoms with Crippen molar-refractivity contribution in [3.63, 3.8) is 0 Å². The molecule has 12 heavy (non-hydrogen) atoms. The zero-order chi connectivity index (χ0) is 8.34. The van der Waals surface area contributed by atoms with Crippen molar-refractivity contribution < 1.29 is 5.21 Å². The van der Waals surface area contributed by atoms with Gasteiger partial charge in [-0.25, -0.2) is 0 Å². The lowest BCUT2D eigenvalue weighted by molar-refractivity contribution is -0.269. The van der Waals surface area contributed by atoms with E-state index in [0.29, 0.717) is 6.04 Å². The van der Waals surface area contributed by atoms with Crippen molar-refractivity contribution in [2.75, 3.05) is 0 Å². The van der Waals surface area contributed by atoms with Gasteiger partial charge in [0, 0.05) is 11.6 Å². The highest BCUT2D eigenvalue weighted by atomic mass is 16.5. The first-order chi connectivity index (χ1) is 5.67. The average molecular weight is 167 g/mol. The zero-order valence-corrected chi connectivity index (χ0v) is 7.66. The fraction of sp³-hybridized carbons (Fsp3) is 1.00. The largest absolute Gasteiger partial charge is 0.313 e. The second kappa shape index (κ2) is 2.05. The molecule has 0 radical (unpaired) electrons. The molecular formula is C10H17NO. The van der Waals surface area contributed by atoms with Crippen LogP contribution in [-0.2, 0) is 0 Å². The highest BCUT2D eigenvalue weighted by molar-refractivity contribution is 5.04. The lowest BCUT2D eigenvalue weighted by Gasteiger charge is -2.59. The summed E-state index contributed by atoms with van der Waals surface area (Å²) in [5, 5.41) is 11.6. The van der Waals surface area contributed by atoms with Gasteiger partial charge in [-0.3, -0.25) is 0 Å². The molecule has 2 heteroatoms. The van der Waals surface area contributed by atoms with Crippen molar-refractivity contribution in [1.82, 2.24) is 5.06 Å². The third kappa shape index (κ3) is 0.775. The van der Waals surface area contributed by atoms with Gasteiger partial charge in [0.15, 0.2) is 0 Å². The molecule has 0 spiro atoms. The van der Waals surface area contributed by atoms with Gasteiger partial charge in [-0.15, -0.1) is 0 Å². The van der Waals surface area contributed by atoms with Crippen LogP contribution in [0.3, 0.4) is 0 Å². The summed E-state index contributed by atoms with van der Waals surface area (Å²) in [7, 11) is 0. The molecule has 2 aliphatic heterocycles. The van der Waals surface area contributed by atoms with Gasteiger partial charge < -0.3 is 5.21 Å². The minimum Gasteiger partial charge on any atom is -0.313 e. The second-order valence-electron chi connectivity index (χ2n) is 5.34. The summed E-state index contributed by atoms with van der Waals surface area (Å²) in [6, 6.07) is 0.501. The molecule has 1 N–H and O–H groups in total. The maximum Gasteiger partial charge on any atom is 0.0440 e. The van der Waals surface area contributed by atoms with E-state index in [-0.39, 0.29) is 5.54 Å². The summed E-state index contributed by atoms with van der Waals surface area (Å²) in [6.07, 6.45) is 6.41. The van der Waals surface area contributed by atoms with Gasteiger partial charge in [-0.2, -0.15) is 5.06 Å². The van der Waals surface area contributed by atoms with Gasteiger partial charge in [-0.05, 0) is 50.9 Å². The quantitative estimate of drug-likeness (QED) is 0.596. The van der Waals surface area contributed by atoms with E-state index < -0.39 is 0 Å². The molecule has 68 valence electrons. The molecule has 2 saturated carbocycles. The van der Waals surface area contributed by atoms with E-state index in [9.17, 15) is 5.21 Å². The molecule has 0 aromatic rings. The Labute approximate surface area is 73.5 Å². The molecule has 3 unspecified atom stereocenters. The fourth-order valence-corrected chi connectivity index (χ4v) is 4.02. The molecule has 4 atom stereocenters. The van der Waals surface area contributed by atoms with E-state index in [0.717, 1.165) is 11.8 Å². The highest BCUT2D eigenvalue weighted by Crippen LogP contribution is 2.53. The standard InChI is InChI=1S/C10H17NO/c1-10-5-7-2-8(6-10)4-9(3-7)11(10)12/h7-9,12H,2-6H2,1H3/t7-,8?,9?,10?/m1/s1. The van der Waals surface area contributed by atoms with Crippen molar-refractivity contribution in [1.29, 1.82) is 0 Å². The van der Waals surface area contributed by atoms with Crippen molar-refractivity contribution >= 4 is 0 Å². The van der Waals surface area contributed by atoms with Crippen LogP contribution in [0.15, 0.2) is 0 Å². The predicted molar refractivity (Wildman–Crippen MR) is 45.9 cm³/mol. The number of piperidine rings is 2. The topological polar surface area (TPSA) is 23.5 Å². The number of hydrogen-bond donors (Lipinski definition) is 1. The Kier molecular flexibility index (Phi) is 1.25. The Morgan fingerprint density at radius 2 is 1.75 bits per heavy atom. The van der Waals surface area contributed by atoms with E-state index in [2.05, 4.69) is 6.92 Å². The van der Waals surface area contributed by atoms with Gasteiger partial charge in [0.2, 0.25) is 0 Å². The molecule has 4 rings (SSSR count). The van der Waals surface area contributed by atoms with Crippen LogP contribution in [0, 0.1) is 11.8 Å². The van der Waals surface area contributed by atoms with Crippen LogP contribution >= 0.6 is 0 Å². The third-order valence-corrected chi connectivity index (χ3v) is 4.23. The lowest BCUT2D eigenvalue weighted by atomic mass is 9.59. The van der Waals surface area contributed by atoms with Crippen LogP contribution in [-0.4, -0.2) is 21.9 Å². The number of rotatable bonds is 0. The molecule has 2 nitrogen and oxygen atoms in total. The highest BCUT2D eigenvalue weighted by Gasteiger charge is 2.53. The molecule has 0 amide bonds.